The summed E-state index contributed by atoms with van der Waals surface area (Å²) in [6.07, 6.45) is 1.45. The molecular weight excluding hydrogens is 288 g/mol. The largest absolute Gasteiger partial charge is 0.485 e. The standard InChI is InChI=1S/C20H16O3/c21-20(22)17-8-4-3-7-16(17)18-12-11-14-10-9-13-5-1-2-6-15(13)19(14)23-18/h1-10,18H,11-12H2,(H,21,22). The van der Waals surface area contributed by atoms with Gasteiger partial charge in [-0.15, -0.1) is 0 Å². The summed E-state index contributed by atoms with van der Waals surface area (Å²) < 4.78 is 6.26. The number of aryl methyl sites for hydroxylation is 1. The number of carbonyl (C=O) groups is 1. The molecule has 3 nitrogen and oxygen atoms in total. The summed E-state index contributed by atoms with van der Waals surface area (Å²) >= 11 is 0. The van der Waals surface area contributed by atoms with E-state index >= 15 is 0 Å². The topological polar surface area (TPSA) is 46.5 Å². The van der Waals surface area contributed by atoms with Crippen LogP contribution in [-0.4, -0.2) is 11.1 Å². The van der Waals surface area contributed by atoms with E-state index in [-0.39, 0.29) is 6.10 Å². The SMILES string of the molecule is O=C(O)c1ccccc1C1CCc2ccc3ccccc3c2O1. The lowest BCUT2D eigenvalue weighted by molar-refractivity contribution is 0.0689. The van der Waals surface area contributed by atoms with Crippen LogP contribution < -0.4 is 4.74 Å². The first-order valence-electron chi connectivity index (χ1n) is 7.73. The minimum Gasteiger partial charge on any atom is -0.485 e. The van der Waals surface area contributed by atoms with E-state index in [1.165, 1.54) is 5.56 Å². The number of fused-ring (bicyclic) bond motifs is 3. The van der Waals surface area contributed by atoms with Crippen molar-refractivity contribution in [3.8, 4) is 5.75 Å². The van der Waals surface area contributed by atoms with Crippen molar-refractivity contribution in [3.05, 3.63) is 77.4 Å². The Labute approximate surface area is 134 Å². The maximum Gasteiger partial charge on any atom is 0.336 e. The molecule has 0 saturated carbocycles. The van der Waals surface area contributed by atoms with E-state index in [2.05, 4.69) is 24.3 Å². The molecule has 23 heavy (non-hydrogen) atoms. The second-order valence-corrected chi connectivity index (χ2v) is 5.81. The molecule has 3 aromatic carbocycles. The highest BCUT2D eigenvalue weighted by Crippen LogP contribution is 2.40. The lowest BCUT2D eigenvalue weighted by Gasteiger charge is -2.28. The van der Waals surface area contributed by atoms with Crippen LogP contribution in [0.3, 0.4) is 0 Å². The molecule has 0 aromatic heterocycles. The number of hydrogen-bond acceptors (Lipinski definition) is 2. The van der Waals surface area contributed by atoms with Gasteiger partial charge in [-0.1, -0.05) is 54.6 Å². The molecule has 0 radical (unpaired) electrons. The molecule has 0 spiro atoms. The van der Waals surface area contributed by atoms with E-state index in [0.29, 0.717) is 5.56 Å². The second-order valence-electron chi connectivity index (χ2n) is 5.81. The molecule has 1 N–H and O–H groups in total. The van der Waals surface area contributed by atoms with Crippen molar-refractivity contribution in [3.63, 3.8) is 0 Å². The van der Waals surface area contributed by atoms with Gasteiger partial charge in [-0.05, 0) is 29.9 Å². The molecule has 1 atom stereocenters. The summed E-state index contributed by atoms with van der Waals surface area (Å²) in [4.78, 5) is 11.5. The highest BCUT2D eigenvalue weighted by Gasteiger charge is 2.26. The van der Waals surface area contributed by atoms with Gasteiger partial charge in [0.05, 0.1) is 5.56 Å². The molecule has 0 aliphatic carbocycles. The van der Waals surface area contributed by atoms with Gasteiger partial charge in [-0.2, -0.15) is 0 Å². The van der Waals surface area contributed by atoms with Crippen molar-refractivity contribution in [2.45, 2.75) is 18.9 Å². The quantitative estimate of drug-likeness (QED) is 0.752. The van der Waals surface area contributed by atoms with Crippen LogP contribution in [-0.2, 0) is 6.42 Å². The third-order valence-electron chi connectivity index (χ3n) is 4.44. The average molecular weight is 304 g/mol. The van der Waals surface area contributed by atoms with E-state index < -0.39 is 5.97 Å². The molecule has 0 bridgehead atoms. The van der Waals surface area contributed by atoms with Gasteiger partial charge in [0.25, 0.3) is 0 Å². The molecule has 114 valence electrons. The zero-order chi connectivity index (χ0) is 15.8. The number of benzene rings is 3. The van der Waals surface area contributed by atoms with Crippen LogP contribution in [0.4, 0.5) is 0 Å². The van der Waals surface area contributed by atoms with E-state index in [9.17, 15) is 9.90 Å². The third-order valence-corrected chi connectivity index (χ3v) is 4.44. The summed E-state index contributed by atoms with van der Waals surface area (Å²) in [5.41, 5.74) is 2.26. The molecule has 1 aliphatic rings. The lowest BCUT2D eigenvalue weighted by atomic mass is 9.92. The fraction of sp³-hybridized carbons (Fsp3) is 0.150. The number of rotatable bonds is 2. The number of carboxylic acids is 1. The van der Waals surface area contributed by atoms with Crippen molar-refractivity contribution >= 4 is 16.7 Å². The Hall–Kier alpha value is -2.81. The Morgan fingerprint density at radius 2 is 1.78 bits per heavy atom. The Morgan fingerprint density at radius 3 is 2.65 bits per heavy atom. The summed E-state index contributed by atoms with van der Waals surface area (Å²) in [6.45, 7) is 0. The van der Waals surface area contributed by atoms with E-state index in [1.54, 1.807) is 12.1 Å². The van der Waals surface area contributed by atoms with Gasteiger partial charge < -0.3 is 9.84 Å². The third kappa shape index (κ3) is 2.34. The number of aromatic carboxylic acids is 1. The predicted molar refractivity (Wildman–Crippen MR) is 89.0 cm³/mol. The number of ether oxygens (including phenoxy) is 1. The zero-order valence-electron chi connectivity index (χ0n) is 12.5. The molecule has 0 fully saturated rings. The van der Waals surface area contributed by atoms with Crippen molar-refractivity contribution in [1.29, 1.82) is 0 Å². The molecule has 1 heterocycles. The van der Waals surface area contributed by atoms with Crippen LogP contribution >= 0.6 is 0 Å². The molecule has 3 heteroatoms. The van der Waals surface area contributed by atoms with Gasteiger partial charge in [0, 0.05) is 10.9 Å². The molecule has 1 unspecified atom stereocenters. The number of carboxylic acid groups (broad SMARTS) is 1. The van der Waals surface area contributed by atoms with E-state index in [1.807, 2.05) is 24.3 Å². The van der Waals surface area contributed by atoms with Gasteiger partial charge in [-0.3, -0.25) is 0 Å². The molecule has 1 aliphatic heterocycles. The van der Waals surface area contributed by atoms with Crippen molar-refractivity contribution < 1.29 is 14.6 Å². The monoisotopic (exact) mass is 304 g/mol. The van der Waals surface area contributed by atoms with Crippen LogP contribution in [0.25, 0.3) is 10.8 Å². The smallest absolute Gasteiger partial charge is 0.336 e. The Bertz CT molecular complexity index is 898. The van der Waals surface area contributed by atoms with E-state index in [4.69, 9.17) is 4.74 Å². The van der Waals surface area contributed by atoms with Crippen LogP contribution in [0.5, 0.6) is 5.75 Å². The molecule has 3 aromatic rings. The van der Waals surface area contributed by atoms with Gasteiger partial charge >= 0.3 is 5.97 Å². The van der Waals surface area contributed by atoms with Gasteiger partial charge in [0.15, 0.2) is 0 Å². The minimum atomic E-state index is -0.909. The predicted octanol–water partition coefficient (Wildman–Crippen LogP) is 4.60. The summed E-state index contributed by atoms with van der Waals surface area (Å²) in [5.74, 6) is -0.0209. The van der Waals surface area contributed by atoms with Crippen LogP contribution in [0.2, 0.25) is 0 Å². The van der Waals surface area contributed by atoms with Gasteiger partial charge in [0.2, 0.25) is 0 Å². The zero-order valence-corrected chi connectivity index (χ0v) is 12.5. The molecule has 4 rings (SSSR count). The normalized spacial score (nSPS) is 16.6. The number of hydrogen-bond donors (Lipinski definition) is 1. The summed E-state index contributed by atoms with van der Waals surface area (Å²) in [7, 11) is 0. The van der Waals surface area contributed by atoms with Gasteiger partial charge in [0.1, 0.15) is 11.9 Å². The molecule has 0 saturated heterocycles. The van der Waals surface area contributed by atoms with Crippen molar-refractivity contribution in [1.82, 2.24) is 0 Å². The van der Waals surface area contributed by atoms with Crippen LogP contribution in [0.1, 0.15) is 34.0 Å². The van der Waals surface area contributed by atoms with Crippen molar-refractivity contribution in [2.24, 2.45) is 0 Å². The fourth-order valence-corrected chi connectivity index (χ4v) is 3.30. The van der Waals surface area contributed by atoms with Gasteiger partial charge in [-0.25, -0.2) is 4.79 Å². The summed E-state index contributed by atoms with van der Waals surface area (Å²) in [5, 5.41) is 11.6. The highest BCUT2D eigenvalue weighted by atomic mass is 16.5. The Balaban J connectivity index is 1.80. The van der Waals surface area contributed by atoms with E-state index in [0.717, 1.165) is 34.9 Å². The Morgan fingerprint density at radius 1 is 1.00 bits per heavy atom. The molecule has 0 amide bonds. The first kappa shape index (κ1) is 13.8. The fourth-order valence-electron chi connectivity index (χ4n) is 3.30. The Kier molecular flexibility index (Phi) is 3.27. The first-order valence-corrected chi connectivity index (χ1v) is 7.73. The first-order chi connectivity index (χ1) is 11.2. The van der Waals surface area contributed by atoms with Crippen LogP contribution in [0.15, 0.2) is 60.7 Å². The second kappa shape index (κ2) is 5.43. The average Bonchev–Trinajstić information content (AvgIpc) is 2.61. The van der Waals surface area contributed by atoms with Crippen molar-refractivity contribution in [2.75, 3.05) is 0 Å². The molecular formula is C20H16O3. The summed E-state index contributed by atoms with van der Waals surface area (Å²) in [6, 6.07) is 19.5. The minimum absolute atomic E-state index is 0.222. The maximum absolute atomic E-state index is 11.5. The maximum atomic E-state index is 11.5. The van der Waals surface area contributed by atoms with Crippen LogP contribution in [0, 0.1) is 0 Å². The highest BCUT2D eigenvalue weighted by molar-refractivity contribution is 5.91. The lowest BCUT2D eigenvalue weighted by Crippen LogP contribution is -2.18.